The van der Waals surface area contributed by atoms with Gasteiger partial charge in [-0.25, -0.2) is 9.80 Å². The fourth-order valence-corrected chi connectivity index (χ4v) is 1.29. The maximum absolute atomic E-state index is 11.1. The Morgan fingerprint density at radius 3 is 3.17 bits per heavy atom. The van der Waals surface area contributed by atoms with Crippen molar-refractivity contribution in [1.29, 1.82) is 0 Å². The molecule has 1 fully saturated rings. The summed E-state index contributed by atoms with van der Waals surface area (Å²) in [6, 6.07) is -0.383. The number of carbonyl (C=O) groups is 1. The first kappa shape index (κ1) is 8.67. The van der Waals surface area contributed by atoms with Crippen molar-refractivity contribution in [3.63, 3.8) is 0 Å². The summed E-state index contributed by atoms with van der Waals surface area (Å²) < 4.78 is 4.55. The number of rotatable bonds is 2. The van der Waals surface area contributed by atoms with Crippen molar-refractivity contribution in [3.05, 3.63) is 10.4 Å². The SMILES string of the molecule is COC(=O)[C@H]1CCCN1N=[N+]=[N-]. The monoisotopic (exact) mass is 170 g/mol. The second kappa shape index (κ2) is 3.82. The predicted molar refractivity (Wildman–Crippen MR) is 40.9 cm³/mol. The third-order valence-corrected chi connectivity index (χ3v) is 1.85. The van der Waals surface area contributed by atoms with E-state index in [2.05, 4.69) is 14.9 Å². The van der Waals surface area contributed by atoms with E-state index < -0.39 is 0 Å². The molecule has 66 valence electrons. The molecule has 0 aromatic heterocycles. The summed E-state index contributed by atoms with van der Waals surface area (Å²) in [5.74, 6) is -0.333. The van der Waals surface area contributed by atoms with Gasteiger partial charge in [-0.2, -0.15) is 4.91 Å². The van der Waals surface area contributed by atoms with E-state index in [4.69, 9.17) is 5.53 Å². The molecule has 6 nitrogen and oxygen atoms in total. The Bertz CT molecular complexity index is 224. The lowest BCUT2D eigenvalue weighted by molar-refractivity contribution is -0.145. The van der Waals surface area contributed by atoms with Crippen LogP contribution in [0.5, 0.6) is 0 Å². The molecule has 0 radical (unpaired) electrons. The van der Waals surface area contributed by atoms with Crippen molar-refractivity contribution in [2.24, 2.45) is 5.22 Å². The summed E-state index contributed by atoms with van der Waals surface area (Å²) in [4.78, 5) is 13.7. The van der Waals surface area contributed by atoms with Gasteiger partial charge >= 0.3 is 5.97 Å². The zero-order valence-electron chi connectivity index (χ0n) is 6.80. The van der Waals surface area contributed by atoms with Gasteiger partial charge in [0.1, 0.15) is 0 Å². The van der Waals surface area contributed by atoms with Gasteiger partial charge < -0.3 is 4.74 Å². The lowest BCUT2D eigenvalue weighted by Crippen LogP contribution is -2.32. The first-order valence-corrected chi connectivity index (χ1v) is 3.69. The van der Waals surface area contributed by atoms with Crippen molar-refractivity contribution in [1.82, 2.24) is 5.01 Å². The highest BCUT2D eigenvalue weighted by Gasteiger charge is 2.34. The van der Waals surface area contributed by atoms with E-state index in [1.165, 1.54) is 12.1 Å². The number of azide groups is 1. The Balaban J connectivity index is 2.63. The third kappa shape index (κ3) is 1.60. The summed E-state index contributed by atoms with van der Waals surface area (Å²) >= 11 is 0. The molecular weight excluding hydrogens is 160 g/mol. The lowest BCUT2D eigenvalue weighted by atomic mass is 10.2. The van der Waals surface area contributed by atoms with Crippen LogP contribution in [0.4, 0.5) is 0 Å². The van der Waals surface area contributed by atoms with Crippen LogP contribution >= 0.6 is 0 Å². The van der Waals surface area contributed by atoms with E-state index in [1.54, 1.807) is 0 Å². The Morgan fingerprint density at radius 2 is 2.58 bits per heavy atom. The minimum atomic E-state index is -0.383. The molecule has 0 amide bonds. The van der Waals surface area contributed by atoms with E-state index in [0.717, 1.165) is 6.42 Å². The number of hydrogen-bond acceptors (Lipinski definition) is 3. The smallest absolute Gasteiger partial charge is 0.351 e. The van der Waals surface area contributed by atoms with Crippen LogP contribution in [0.25, 0.3) is 10.4 Å². The van der Waals surface area contributed by atoms with Crippen LogP contribution in [0, 0.1) is 0 Å². The highest BCUT2D eigenvalue weighted by Crippen LogP contribution is 2.18. The molecule has 1 aliphatic rings. The van der Waals surface area contributed by atoms with E-state index in [1.807, 2.05) is 0 Å². The first-order chi connectivity index (χ1) is 5.79. The normalized spacial score (nSPS) is 21.8. The summed E-state index contributed by atoms with van der Waals surface area (Å²) in [6.07, 6.45) is 1.56. The molecule has 0 aromatic rings. The average Bonchev–Trinajstić information content (AvgIpc) is 2.52. The van der Waals surface area contributed by atoms with Crippen molar-refractivity contribution < 1.29 is 9.53 Å². The zero-order chi connectivity index (χ0) is 8.97. The van der Waals surface area contributed by atoms with Gasteiger partial charge in [-0.1, -0.05) is 0 Å². The molecule has 0 aromatic carbocycles. The molecule has 1 saturated heterocycles. The molecule has 1 heterocycles. The first-order valence-electron chi connectivity index (χ1n) is 3.69. The van der Waals surface area contributed by atoms with Gasteiger partial charge in [-0.3, -0.25) is 0 Å². The number of esters is 1. The summed E-state index contributed by atoms with van der Waals surface area (Å²) in [6.45, 7) is 0.629. The molecular formula is C6H10N4O2. The average molecular weight is 170 g/mol. The largest absolute Gasteiger partial charge is 0.466 e. The molecule has 1 aliphatic heterocycles. The fourth-order valence-electron chi connectivity index (χ4n) is 1.29. The zero-order valence-corrected chi connectivity index (χ0v) is 6.80. The maximum Gasteiger partial charge on any atom is 0.351 e. The van der Waals surface area contributed by atoms with Crippen LogP contribution in [0.2, 0.25) is 0 Å². The standard InChI is InChI=1S/C6H10N4O2/c1-12-6(11)5-3-2-4-10(5)9-8-7/h5H,2-4H2,1H3/t5-/m1/s1. The number of nitrogens with zero attached hydrogens (tertiary/aromatic N) is 4. The van der Waals surface area contributed by atoms with Crippen molar-refractivity contribution in [2.45, 2.75) is 18.9 Å². The van der Waals surface area contributed by atoms with Gasteiger partial charge in [0.05, 0.1) is 13.7 Å². The summed E-state index contributed by atoms with van der Waals surface area (Å²) in [7, 11) is 1.33. The van der Waals surface area contributed by atoms with Crippen LogP contribution < -0.4 is 0 Å². The number of ether oxygens (including phenoxy) is 1. The van der Waals surface area contributed by atoms with Crippen molar-refractivity contribution in [3.8, 4) is 0 Å². The molecule has 1 atom stereocenters. The van der Waals surface area contributed by atoms with E-state index in [-0.39, 0.29) is 12.0 Å². The second-order valence-corrected chi connectivity index (χ2v) is 2.52. The number of methoxy groups -OCH3 is 1. The maximum atomic E-state index is 11.1. The predicted octanol–water partition coefficient (Wildman–Crippen LogP) is 0.849. The van der Waals surface area contributed by atoms with Gasteiger partial charge in [0.2, 0.25) is 0 Å². The molecule has 12 heavy (non-hydrogen) atoms. The highest BCUT2D eigenvalue weighted by molar-refractivity contribution is 5.75. The minimum absolute atomic E-state index is 0.333. The Hall–Kier alpha value is -1.42. The Morgan fingerprint density at radius 1 is 1.83 bits per heavy atom. The molecule has 0 N–H and O–H groups in total. The second-order valence-electron chi connectivity index (χ2n) is 2.52. The van der Waals surface area contributed by atoms with E-state index in [0.29, 0.717) is 13.0 Å². The van der Waals surface area contributed by atoms with Gasteiger partial charge in [0.25, 0.3) is 0 Å². The van der Waals surface area contributed by atoms with Crippen molar-refractivity contribution >= 4 is 5.97 Å². The van der Waals surface area contributed by atoms with Crippen molar-refractivity contribution in [2.75, 3.05) is 13.7 Å². The van der Waals surface area contributed by atoms with Crippen LogP contribution in [-0.4, -0.2) is 30.7 Å². The third-order valence-electron chi connectivity index (χ3n) is 1.85. The summed E-state index contributed by atoms with van der Waals surface area (Å²) in [5, 5.41) is 4.81. The van der Waals surface area contributed by atoms with Crippen LogP contribution in [-0.2, 0) is 9.53 Å². The Labute approximate surface area is 69.7 Å². The van der Waals surface area contributed by atoms with Gasteiger partial charge in [0.15, 0.2) is 6.04 Å². The fraction of sp³-hybridized carbons (Fsp3) is 0.833. The topological polar surface area (TPSA) is 78.3 Å². The van der Waals surface area contributed by atoms with Crippen LogP contribution in [0.15, 0.2) is 5.22 Å². The van der Waals surface area contributed by atoms with Gasteiger partial charge in [0, 0.05) is 6.42 Å². The molecule has 1 rings (SSSR count). The highest BCUT2D eigenvalue weighted by atomic mass is 16.5. The summed E-state index contributed by atoms with van der Waals surface area (Å²) in [5.41, 5.74) is 8.16. The molecule has 0 aliphatic carbocycles. The van der Waals surface area contributed by atoms with Gasteiger partial charge in [-0.05, 0) is 11.6 Å². The molecule has 0 unspecified atom stereocenters. The Kier molecular flexibility index (Phi) is 2.76. The van der Waals surface area contributed by atoms with E-state index in [9.17, 15) is 4.79 Å². The van der Waals surface area contributed by atoms with Crippen LogP contribution in [0.1, 0.15) is 12.8 Å². The molecule has 0 bridgehead atoms. The quantitative estimate of drug-likeness (QED) is 0.266. The minimum Gasteiger partial charge on any atom is -0.466 e. The molecule has 6 heteroatoms. The molecule has 0 spiro atoms. The molecule has 0 saturated carbocycles. The van der Waals surface area contributed by atoms with Gasteiger partial charge in [-0.15, -0.1) is 5.53 Å². The number of carbonyl (C=O) groups excluding carboxylic acids is 1. The van der Waals surface area contributed by atoms with Crippen LogP contribution in [0.3, 0.4) is 0 Å². The number of hydrogen-bond donors (Lipinski definition) is 0. The van der Waals surface area contributed by atoms with E-state index >= 15 is 0 Å². The lowest BCUT2D eigenvalue weighted by Gasteiger charge is -2.12.